The molecule has 1 aliphatic rings. The van der Waals surface area contributed by atoms with E-state index in [2.05, 4.69) is 13.0 Å². The molecule has 6 heteroatoms. The van der Waals surface area contributed by atoms with E-state index in [-0.39, 0.29) is 11.9 Å². The molecule has 0 N–H and O–H groups in total. The van der Waals surface area contributed by atoms with Crippen LogP contribution in [-0.2, 0) is 17.6 Å². The first-order valence-electron chi connectivity index (χ1n) is 10.2. The van der Waals surface area contributed by atoms with Crippen LogP contribution in [0, 0.1) is 0 Å². The molecule has 2 aromatic heterocycles. The molecule has 30 heavy (non-hydrogen) atoms. The molecule has 2 aromatic carbocycles. The quantitative estimate of drug-likeness (QED) is 0.460. The third-order valence-electron chi connectivity index (χ3n) is 5.55. The first kappa shape index (κ1) is 18.9. The Labute approximate surface area is 179 Å². The average molecular weight is 418 g/mol. The minimum absolute atomic E-state index is 0.128. The third kappa shape index (κ3) is 3.27. The van der Waals surface area contributed by atoms with Crippen LogP contribution >= 0.6 is 11.3 Å². The summed E-state index contributed by atoms with van der Waals surface area (Å²) in [5, 5.41) is 2.04. The summed E-state index contributed by atoms with van der Waals surface area (Å²) in [6.07, 6.45) is 3.29. The number of ether oxygens (including phenoxy) is 1. The van der Waals surface area contributed by atoms with Crippen molar-refractivity contribution in [3.05, 3.63) is 71.4 Å². The van der Waals surface area contributed by atoms with Crippen LogP contribution in [-0.4, -0.2) is 27.9 Å². The summed E-state index contributed by atoms with van der Waals surface area (Å²) in [5.41, 5.74) is 5.20. The highest BCUT2D eigenvalue weighted by molar-refractivity contribution is 7.15. The van der Waals surface area contributed by atoms with Gasteiger partial charge < -0.3 is 9.64 Å². The minimum Gasteiger partial charge on any atom is -0.494 e. The number of imidazole rings is 1. The van der Waals surface area contributed by atoms with Gasteiger partial charge in [0.1, 0.15) is 5.75 Å². The fourth-order valence-corrected chi connectivity index (χ4v) is 5.04. The summed E-state index contributed by atoms with van der Waals surface area (Å²) in [5.74, 6) is 0.983. The second kappa shape index (κ2) is 7.61. The van der Waals surface area contributed by atoms with E-state index in [4.69, 9.17) is 9.72 Å². The second-order valence-corrected chi connectivity index (χ2v) is 8.42. The van der Waals surface area contributed by atoms with E-state index >= 15 is 0 Å². The number of para-hydroxylation sites is 1. The number of benzene rings is 2. The van der Waals surface area contributed by atoms with Crippen LogP contribution in [0.2, 0.25) is 0 Å². The Kier molecular flexibility index (Phi) is 4.79. The molecule has 152 valence electrons. The minimum atomic E-state index is 0.128. The molecule has 4 aromatic rings. The number of fused-ring (bicyclic) bond motifs is 2. The zero-order valence-corrected chi connectivity index (χ0v) is 17.9. The Morgan fingerprint density at radius 3 is 2.80 bits per heavy atom. The summed E-state index contributed by atoms with van der Waals surface area (Å²) in [4.78, 5) is 20.8. The molecule has 5 nitrogen and oxygen atoms in total. The van der Waals surface area contributed by atoms with Crippen molar-refractivity contribution in [3.8, 4) is 17.0 Å². The molecule has 0 spiro atoms. The summed E-state index contributed by atoms with van der Waals surface area (Å²) < 4.78 is 7.56. The lowest BCUT2D eigenvalue weighted by Crippen LogP contribution is -2.37. The molecule has 0 radical (unpaired) electrons. The number of anilines is 1. The van der Waals surface area contributed by atoms with Gasteiger partial charge in [-0.1, -0.05) is 18.2 Å². The lowest BCUT2D eigenvalue weighted by atomic mass is 10.1. The monoisotopic (exact) mass is 417 g/mol. The number of thiazole rings is 1. The zero-order chi connectivity index (χ0) is 20.7. The van der Waals surface area contributed by atoms with Gasteiger partial charge in [0.15, 0.2) is 4.96 Å². The summed E-state index contributed by atoms with van der Waals surface area (Å²) >= 11 is 1.57. The van der Waals surface area contributed by atoms with Crippen LogP contribution in [0.1, 0.15) is 25.1 Å². The number of hydrogen-bond donors (Lipinski definition) is 0. The predicted octanol–water partition coefficient (Wildman–Crippen LogP) is 4.98. The highest BCUT2D eigenvalue weighted by atomic mass is 32.1. The van der Waals surface area contributed by atoms with E-state index in [9.17, 15) is 4.79 Å². The molecule has 0 saturated heterocycles. The van der Waals surface area contributed by atoms with Crippen molar-refractivity contribution in [2.45, 2.75) is 32.7 Å². The van der Waals surface area contributed by atoms with Crippen LogP contribution < -0.4 is 9.64 Å². The van der Waals surface area contributed by atoms with Gasteiger partial charge in [-0.2, -0.15) is 0 Å². The number of rotatable bonds is 5. The molecule has 3 heterocycles. The van der Waals surface area contributed by atoms with E-state index in [1.807, 2.05) is 70.3 Å². The Balaban J connectivity index is 1.40. The predicted molar refractivity (Wildman–Crippen MR) is 120 cm³/mol. The summed E-state index contributed by atoms with van der Waals surface area (Å²) in [7, 11) is 0. The molecule has 0 saturated carbocycles. The van der Waals surface area contributed by atoms with Gasteiger partial charge in [-0.3, -0.25) is 9.20 Å². The SMILES string of the molecule is CCOc1ccc(-c2cn3c(CC(=O)N4c5ccccc5CC4C)csc3n2)cc1. The van der Waals surface area contributed by atoms with Gasteiger partial charge in [0.25, 0.3) is 0 Å². The molecule has 0 fully saturated rings. The van der Waals surface area contributed by atoms with Gasteiger partial charge >= 0.3 is 0 Å². The molecule has 5 rings (SSSR count). The Bertz CT molecular complexity index is 1210. The molecular formula is C24H23N3O2S. The fraction of sp³-hybridized carbons (Fsp3) is 0.250. The normalized spacial score (nSPS) is 15.5. The van der Waals surface area contributed by atoms with Crippen molar-refractivity contribution < 1.29 is 9.53 Å². The maximum atomic E-state index is 13.2. The van der Waals surface area contributed by atoms with Crippen molar-refractivity contribution >= 4 is 27.9 Å². The van der Waals surface area contributed by atoms with Gasteiger partial charge in [0.05, 0.1) is 18.7 Å². The van der Waals surface area contributed by atoms with E-state index < -0.39 is 0 Å². The Morgan fingerprint density at radius 1 is 1.20 bits per heavy atom. The van der Waals surface area contributed by atoms with Crippen molar-refractivity contribution in [1.82, 2.24) is 9.38 Å². The number of carbonyl (C=O) groups is 1. The maximum absolute atomic E-state index is 13.2. The first-order valence-corrected chi connectivity index (χ1v) is 11.1. The van der Waals surface area contributed by atoms with Crippen molar-refractivity contribution in [2.24, 2.45) is 0 Å². The molecular weight excluding hydrogens is 394 g/mol. The van der Waals surface area contributed by atoms with Crippen LogP contribution in [0.15, 0.2) is 60.1 Å². The number of hydrogen-bond acceptors (Lipinski definition) is 4. The highest BCUT2D eigenvalue weighted by Gasteiger charge is 2.30. The van der Waals surface area contributed by atoms with Crippen LogP contribution in [0.4, 0.5) is 5.69 Å². The van der Waals surface area contributed by atoms with Gasteiger partial charge in [-0.05, 0) is 56.2 Å². The smallest absolute Gasteiger partial charge is 0.233 e. The number of amides is 1. The number of carbonyl (C=O) groups excluding carboxylic acids is 1. The first-order chi connectivity index (χ1) is 14.6. The fourth-order valence-electron chi connectivity index (χ4n) is 4.17. The van der Waals surface area contributed by atoms with E-state index in [0.29, 0.717) is 13.0 Å². The lowest BCUT2D eigenvalue weighted by molar-refractivity contribution is -0.118. The Hall–Kier alpha value is -3.12. The van der Waals surface area contributed by atoms with E-state index in [0.717, 1.165) is 39.8 Å². The van der Waals surface area contributed by atoms with Crippen LogP contribution in [0.25, 0.3) is 16.2 Å². The standard InChI is InChI=1S/C24H23N3O2S/c1-3-29-20-10-8-17(9-11-20)21-14-26-19(15-30-24(26)25-21)13-23(28)27-16(2)12-18-6-4-5-7-22(18)27/h4-11,14-16H,3,12-13H2,1-2H3. The van der Waals surface area contributed by atoms with Crippen molar-refractivity contribution in [3.63, 3.8) is 0 Å². The number of nitrogens with zero attached hydrogens (tertiary/aromatic N) is 3. The van der Waals surface area contributed by atoms with E-state index in [1.165, 1.54) is 5.56 Å². The van der Waals surface area contributed by atoms with Crippen molar-refractivity contribution in [1.29, 1.82) is 0 Å². The molecule has 1 aliphatic heterocycles. The van der Waals surface area contributed by atoms with Gasteiger partial charge in [-0.25, -0.2) is 4.98 Å². The van der Waals surface area contributed by atoms with Gasteiger partial charge in [0.2, 0.25) is 5.91 Å². The highest BCUT2D eigenvalue weighted by Crippen LogP contribution is 2.33. The molecule has 1 amide bonds. The van der Waals surface area contributed by atoms with Gasteiger partial charge in [0, 0.05) is 34.6 Å². The largest absolute Gasteiger partial charge is 0.494 e. The zero-order valence-electron chi connectivity index (χ0n) is 17.0. The third-order valence-corrected chi connectivity index (χ3v) is 6.44. The summed E-state index contributed by atoms with van der Waals surface area (Å²) in [6.45, 7) is 4.74. The second-order valence-electron chi connectivity index (χ2n) is 7.59. The average Bonchev–Trinajstić information content (AvgIpc) is 3.41. The summed E-state index contributed by atoms with van der Waals surface area (Å²) in [6, 6.07) is 16.3. The van der Waals surface area contributed by atoms with E-state index in [1.54, 1.807) is 11.3 Å². The molecule has 0 aliphatic carbocycles. The van der Waals surface area contributed by atoms with Gasteiger partial charge in [-0.15, -0.1) is 11.3 Å². The van der Waals surface area contributed by atoms with Crippen molar-refractivity contribution in [2.75, 3.05) is 11.5 Å². The van der Waals surface area contributed by atoms with Crippen LogP contribution in [0.3, 0.4) is 0 Å². The Morgan fingerprint density at radius 2 is 2.00 bits per heavy atom. The molecule has 0 bridgehead atoms. The number of aromatic nitrogens is 2. The topological polar surface area (TPSA) is 46.8 Å². The molecule has 1 unspecified atom stereocenters. The molecule has 1 atom stereocenters. The lowest BCUT2D eigenvalue weighted by Gasteiger charge is -2.22. The maximum Gasteiger partial charge on any atom is 0.233 e. The van der Waals surface area contributed by atoms with Crippen LogP contribution in [0.5, 0.6) is 5.75 Å².